The first-order valence-corrected chi connectivity index (χ1v) is 5.77. The molecule has 19 heavy (non-hydrogen) atoms. The second-order valence-electron chi connectivity index (χ2n) is 4.05. The van der Waals surface area contributed by atoms with Gasteiger partial charge in [0.05, 0.1) is 11.4 Å². The van der Waals surface area contributed by atoms with E-state index in [1.807, 2.05) is 60.7 Å². The standard InChI is InChI=1S/C15H12N2O.ClH/c18-15-11-14(12-7-3-1-4-8-12)16-17(15)13-9-5-2-6-10-13;/h1-11,16H;1H. The van der Waals surface area contributed by atoms with E-state index in [9.17, 15) is 4.79 Å². The molecule has 0 aliphatic carbocycles. The molecule has 0 spiro atoms. The number of nitrogens with zero attached hydrogens (tertiary/aromatic N) is 1. The van der Waals surface area contributed by atoms with Crippen molar-refractivity contribution in [2.75, 3.05) is 0 Å². The highest BCUT2D eigenvalue weighted by Crippen LogP contribution is 2.15. The van der Waals surface area contributed by atoms with Crippen LogP contribution in [0.25, 0.3) is 16.9 Å². The van der Waals surface area contributed by atoms with Crippen LogP contribution in [0.4, 0.5) is 0 Å². The fourth-order valence-corrected chi connectivity index (χ4v) is 1.93. The van der Waals surface area contributed by atoms with Crippen LogP contribution in [-0.2, 0) is 0 Å². The lowest BCUT2D eigenvalue weighted by Crippen LogP contribution is -2.12. The number of nitrogens with one attached hydrogen (secondary N) is 1. The smallest absolute Gasteiger partial charge is 0.271 e. The van der Waals surface area contributed by atoms with Crippen molar-refractivity contribution < 1.29 is 0 Å². The molecule has 0 saturated heterocycles. The first-order chi connectivity index (χ1) is 8.84. The Kier molecular flexibility index (Phi) is 3.88. The van der Waals surface area contributed by atoms with Crippen molar-refractivity contribution in [3.63, 3.8) is 0 Å². The SMILES string of the molecule is Cl.O=c1cc(-c2ccccc2)[nH]n1-c1ccccc1. The molecule has 1 N–H and O–H groups in total. The van der Waals surface area contributed by atoms with Crippen LogP contribution in [0, 0.1) is 0 Å². The number of hydrogen-bond donors (Lipinski definition) is 1. The van der Waals surface area contributed by atoms with Gasteiger partial charge in [0.1, 0.15) is 0 Å². The first kappa shape index (κ1) is 13.2. The minimum Gasteiger partial charge on any atom is -0.290 e. The fourth-order valence-electron chi connectivity index (χ4n) is 1.93. The molecule has 2 aromatic carbocycles. The minimum absolute atomic E-state index is 0. The monoisotopic (exact) mass is 272 g/mol. The Morgan fingerprint density at radius 3 is 2.05 bits per heavy atom. The number of para-hydroxylation sites is 1. The molecule has 3 rings (SSSR count). The van der Waals surface area contributed by atoms with Crippen molar-refractivity contribution in [1.82, 2.24) is 9.78 Å². The van der Waals surface area contributed by atoms with Crippen LogP contribution in [0.5, 0.6) is 0 Å². The van der Waals surface area contributed by atoms with Crippen molar-refractivity contribution in [2.24, 2.45) is 0 Å². The summed E-state index contributed by atoms with van der Waals surface area (Å²) in [4.78, 5) is 11.9. The van der Waals surface area contributed by atoms with Crippen LogP contribution in [0.15, 0.2) is 71.5 Å². The van der Waals surface area contributed by atoms with Gasteiger partial charge in [-0.05, 0) is 17.7 Å². The molecule has 0 unspecified atom stereocenters. The second-order valence-corrected chi connectivity index (χ2v) is 4.05. The number of halogens is 1. The highest BCUT2D eigenvalue weighted by Gasteiger charge is 2.05. The Labute approximate surface area is 116 Å². The lowest BCUT2D eigenvalue weighted by Gasteiger charge is -2.01. The van der Waals surface area contributed by atoms with Gasteiger partial charge in [0, 0.05) is 6.07 Å². The number of benzene rings is 2. The predicted molar refractivity (Wildman–Crippen MR) is 79.1 cm³/mol. The van der Waals surface area contributed by atoms with Gasteiger partial charge in [0.25, 0.3) is 5.56 Å². The van der Waals surface area contributed by atoms with E-state index in [2.05, 4.69) is 5.10 Å². The summed E-state index contributed by atoms with van der Waals surface area (Å²) in [6, 6.07) is 20.9. The fraction of sp³-hybridized carbons (Fsp3) is 0. The zero-order valence-corrected chi connectivity index (χ0v) is 10.9. The quantitative estimate of drug-likeness (QED) is 0.764. The number of aromatic amines is 1. The maximum atomic E-state index is 11.9. The van der Waals surface area contributed by atoms with Crippen molar-refractivity contribution in [2.45, 2.75) is 0 Å². The first-order valence-electron chi connectivity index (χ1n) is 5.77. The van der Waals surface area contributed by atoms with Crippen molar-refractivity contribution in [3.8, 4) is 16.9 Å². The third kappa shape index (κ3) is 2.61. The van der Waals surface area contributed by atoms with E-state index in [1.165, 1.54) is 0 Å². The molecule has 3 aromatic rings. The zero-order valence-electron chi connectivity index (χ0n) is 10.1. The van der Waals surface area contributed by atoms with Crippen molar-refractivity contribution in [1.29, 1.82) is 0 Å². The maximum absolute atomic E-state index is 11.9. The molecule has 4 heteroatoms. The molecule has 0 fully saturated rings. The molecule has 1 aromatic heterocycles. The molecule has 96 valence electrons. The van der Waals surface area contributed by atoms with E-state index in [-0.39, 0.29) is 18.0 Å². The average molecular weight is 273 g/mol. The van der Waals surface area contributed by atoms with Crippen LogP contribution in [0.1, 0.15) is 0 Å². The van der Waals surface area contributed by atoms with Gasteiger partial charge in [-0.25, -0.2) is 4.68 Å². The van der Waals surface area contributed by atoms with E-state index >= 15 is 0 Å². The van der Waals surface area contributed by atoms with Gasteiger partial charge in [0.2, 0.25) is 0 Å². The molecule has 0 radical (unpaired) electrons. The van der Waals surface area contributed by atoms with E-state index in [0.717, 1.165) is 16.9 Å². The maximum Gasteiger partial charge on any atom is 0.271 e. The van der Waals surface area contributed by atoms with Crippen molar-refractivity contribution >= 4 is 12.4 Å². The van der Waals surface area contributed by atoms with Crippen LogP contribution in [0.3, 0.4) is 0 Å². The number of rotatable bonds is 2. The zero-order chi connectivity index (χ0) is 12.4. The second kappa shape index (κ2) is 5.59. The van der Waals surface area contributed by atoms with Gasteiger partial charge >= 0.3 is 0 Å². The average Bonchev–Trinajstić information content (AvgIpc) is 2.83. The van der Waals surface area contributed by atoms with Crippen molar-refractivity contribution in [3.05, 3.63) is 77.1 Å². The number of aromatic nitrogens is 2. The third-order valence-corrected chi connectivity index (χ3v) is 2.82. The summed E-state index contributed by atoms with van der Waals surface area (Å²) in [5.41, 5.74) is 2.61. The summed E-state index contributed by atoms with van der Waals surface area (Å²) in [6.07, 6.45) is 0. The van der Waals surface area contributed by atoms with E-state index in [1.54, 1.807) is 10.7 Å². The summed E-state index contributed by atoms with van der Waals surface area (Å²) in [5, 5.41) is 3.12. The van der Waals surface area contributed by atoms with E-state index in [4.69, 9.17) is 0 Å². The number of hydrogen-bond acceptors (Lipinski definition) is 1. The molecule has 0 saturated carbocycles. The van der Waals surface area contributed by atoms with E-state index in [0.29, 0.717) is 0 Å². The molecule has 0 amide bonds. The molecule has 3 nitrogen and oxygen atoms in total. The topological polar surface area (TPSA) is 37.8 Å². The Hall–Kier alpha value is -2.26. The molecule has 0 aliphatic heterocycles. The van der Waals surface area contributed by atoms with Gasteiger partial charge in [-0.3, -0.25) is 9.89 Å². The summed E-state index contributed by atoms with van der Waals surface area (Å²) >= 11 is 0. The Morgan fingerprint density at radius 2 is 1.42 bits per heavy atom. The van der Waals surface area contributed by atoms with Gasteiger partial charge < -0.3 is 0 Å². The summed E-state index contributed by atoms with van der Waals surface area (Å²) in [7, 11) is 0. The molecule has 0 bridgehead atoms. The Balaban J connectivity index is 0.00000133. The van der Waals surface area contributed by atoms with Gasteiger partial charge in [-0.2, -0.15) is 0 Å². The highest BCUT2D eigenvalue weighted by atomic mass is 35.5. The van der Waals surface area contributed by atoms with Gasteiger partial charge in [-0.15, -0.1) is 12.4 Å². The largest absolute Gasteiger partial charge is 0.290 e. The third-order valence-electron chi connectivity index (χ3n) is 2.82. The lowest BCUT2D eigenvalue weighted by molar-refractivity contribution is 0.852. The molecular formula is C15H13ClN2O. The Morgan fingerprint density at radius 1 is 0.842 bits per heavy atom. The normalized spacial score (nSPS) is 9.89. The van der Waals surface area contributed by atoms with Gasteiger partial charge in [-0.1, -0.05) is 48.5 Å². The highest BCUT2D eigenvalue weighted by molar-refractivity contribution is 5.85. The molecule has 0 aliphatic rings. The number of H-pyrrole nitrogens is 1. The van der Waals surface area contributed by atoms with Crippen LogP contribution < -0.4 is 5.56 Å². The molecule has 0 atom stereocenters. The van der Waals surface area contributed by atoms with Crippen LogP contribution >= 0.6 is 12.4 Å². The summed E-state index contributed by atoms with van der Waals surface area (Å²) in [6.45, 7) is 0. The van der Waals surface area contributed by atoms with E-state index < -0.39 is 0 Å². The molecular weight excluding hydrogens is 260 g/mol. The predicted octanol–water partition coefficient (Wildman–Crippen LogP) is 3.25. The van der Waals surface area contributed by atoms with Crippen LogP contribution in [0.2, 0.25) is 0 Å². The summed E-state index contributed by atoms with van der Waals surface area (Å²) < 4.78 is 1.54. The van der Waals surface area contributed by atoms with Gasteiger partial charge in [0.15, 0.2) is 0 Å². The lowest BCUT2D eigenvalue weighted by atomic mass is 10.2. The minimum atomic E-state index is -0.0555. The molecule has 1 heterocycles. The Bertz CT molecular complexity index is 702. The van der Waals surface area contributed by atoms with Crippen LogP contribution in [-0.4, -0.2) is 9.78 Å². The summed E-state index contributed by atoms with van der Waals surface area (Å²) in [5.74, 6) is 0.